The highest BCUT2D eigenvalue weighted by atomic mass is 32.2. The Morgan fingerprint density at radius 2 is 2.03 bits per heavy atom. The Morgan fingerprint density at radius 1 is 1.28 bits per heavy atom. The Bertz CT molecular complexity index is 1150. The molecule has 0 unspecified atom stereocenters. The average molecular weight is 458 g/mol. The van der Waals surface area contributed by atoms with Gasteiger partial charge in [-0.25, -0.2) is 15.0 Å². The van der Waals surface area contributed by atoms with Gasteiger partial charge in [-0.1, -0.05) is 13.8 Å². The van der Waals surface area contributed by atoms with Gasteiger partial charge in [-0.05, 0) is 17.7 Å². The number of aromatic nitrogens is 4. The minimum Gasteiger partial charge on any atom is -0.454 e. The van der Waals surface area contributed by atoms with Gasteiger partial charge in [-0.15, -0.1) is 0 Å². The number of amides is 1. The molecule has 4 rings (SSSR count). The van der Waals surface area contributed by atoms with Crippen LogP contribution in [0.25, 0.3) is 11.2 Å². The standard InChI is InChI=1S/C21H27N7O3S/c1-12(2)7-17(29)23-5-6-28-20-18(19(22)24-10-25-20)26-21(28)32-16-9-15-14(30-11-31-15)8-13(16)27(3)4/h8-10,12H,5-7,11H2,1-4H3,(H,23,29)(H2,22,24,25). The molecule has 2 aromatic heterocycles. The van der Waals surface area contributed by atoms with Crippen molar-refractivity contribution >= 4 is 40.3 Å². The Labute approximate surface area is 190 Å². The molecule has 32 heavy (non-hydrogen) atoms. The van der Waals surface area contributed by atoms with Gasteiger partial charge >= 0.3 is 0 Å². The van der Waals surface area contributed by atoms with Crippen molar-refractivity contribution in [2.75, 3.05) is 38.1 Å². The molecule has 3 heterocycles. The van der Waals surface area contributed by atoms with Crippen molar-refractivity contribution in [1.29, 1.82) is 0 Å². The molecule has 1 aliphatic rings. The lowest BCUT2D eigenvalue weighted by Gasteiger charge is -2.18. The summed E-state index contributed by atoms with van der Waals surface area (Å²) in [5, 5.41) is 3.67. The van der Waals surface area contributed by atoms with Gasteiger partial charge in [0.2, 0.25) is 12.7 Å². The van der Waals surface area contributed by atoms with E-state index in [9.17, 15) is 4.79 Å². The summed E-state index contributed by atoms with van der Waals surface area (Å²) >= 11 is 1.48. The number of fused-ring (bicyclic) bond motifs is 2. The van der Waals surface area contributed by atoms with Crippen LogP contribution in [0.5, 0.6) is 11.5 Å². The number of carbonyl (C=O) groups is 1. The van der Waals surface area contributed by atoms with Gasteiger partial charge in [-0.2, -0.15) is 0 Å². The van der Waals surface area contributed by atoms with Crippen molar-refractivity contribution < 1.29 is 14.3 Å². The summed E-state index contributed by atoms with van der Waals surface area (Å²) in [5.41, 5.74) is 8.21. The van der Waals surface area contributed by atoms with E-state index in [1.807, 2.05) is 49.5 Å². The molecule has 0 bridgehead atoms. The molecule has 0 radical (unpaired) electrons. The van der Waals surface area contributed by atoms with Crippen LogP contribution in [0, 0.1) is 5.92 Å². The second kappa shape index (κ2) is 9.11. The van der Waals surface area contributed by atoms with Crippen molar-refractivity contribution in [1.82, 2.24) is 24.8 Å². The molecule has 0 spiro atoms. The molecule has 3 aromatic rings. The molecular weight excluding hydrogens is 430 g/mol. The molecule has 0 saturated heterocycles. The Morgan fingerprint density at radius 3 is 2.75 bits per heavy atom. The fourth-order valence-electron chi connectivity index (χ4n) is 3.41. The number of benzene rings is 1. The van der Waals surface area contributed by atoms with E-state index in [1.54, 1.807) is 0 Å². The van der Waals surface area contributed by atoms with Crippen LogP contribution in [0.15, 0.2) is 28.5 Å². The lowest BCUT2D eigenvalue weighted by Crippen LogP contribution is -2.28. The first-order chi connectivity index (χ1) is 15.3. The summed E-state index contributed by atoms with van der Waals surface area (Å²) in [4.78, 5) is 28.2. The molecule has 0 aliphatic carbocycles. The Kier molecular flexibility index (Phi) is 6.26. The number of ether oxygens (including phenoxy) is 2. The molecule has 0 fully saturated rings. The van der Waals surface area contributed by atoms with Gasteiger partial charge in [0.25, 0.3) is 0 Å². The highest BCUT2D eigenvalue weighted by Gasteiger charge is 2.22. The molecule has 11 heteroatoms. The third-order valence-electron chi connectivity index (χ3n) is 4.91. The second-order valence-electron chi connectivity index (χ2n) is 8.09. The van der Waals surface area contributed by atoms with Crippen LogP contribution in [-0.2, 0) is 11.3 Å². The number of carbonyl (C=O) groups excluding carboxylic acids is 1. The summed E-state index contributed by atoms with van der Waals surface area (Å²) < 4.78 is 13.1. The first kappa shape index (κ1) is 22.0. The van der Waals surface area contributed by atoms with E-state index in [0.29, 0.717) is 53.3 Å². The van der Waals surface area contributed by atoms with Crippen molar-refractivity contribution in [3.8, 4) is 11.5 Å². The quantitative estimate of drug-likeness (QED) is 0.525. The summed E-state index contributed by atoms with van der Waals surface area (Å²) in [6.07, 6.45) is 1.91. The van der Waals surface area contributed by atoms with Gasteiger partial charge in [0.05, 0.1) is 5.69 Å². The zero-order valence-corrected chi connectivity index (χ0v) is 19.4. The fraction of sp³-hybridized carbons (Fsp3) is 0.429. The van der Waals surface area contributed by atoms with Crippen LogP contribution >= 0.6 is 11.8 Å². The summed E-state index contributed by atoms with van der Waals surface area (Å²) in [6, 6.07) is 3.91. The number of nitrogens with one attached hydrogen (secondary N) is 1. The van der Waals surface area contributed by atoms with Crippen molar-refractivity contribution in [2.45, 2.75) is 36.9 Å². The maximum absolute atomic E-state index is 12.1. The molecule has 0 saturated carbocycles. The zero-order valence-electron chi connectivity index (χ0n) is 18.6. The summed E-state index contributed by atoms with van der Waals surface area (Å²) in [7, 11) is 3.94. The van der Waals surface area contributed by atoms with Crippen molar-refractivity contribution in [3.05, 3.63) is 18.5 Å². The van der Waals surface area contributed by atoms with Crippen LogP contribution in [-0.4, -0.2) is 52.9 Å². The highest BCUT2D eigenvalue weighted by Crippen LogP contribution is 2.44. The number of nitrogens with two attached hydrogens (primary N) is 1. The van der Waals surface area contributed by atoms with E-state index >= 15 is 0 Å². The van der Waals surface area contributed by atoms with Gasteiger partial charge in [0.1, 0.15) is 6.33 Å². The third-order valence-corrected chi connectivity index (χ3v) is 5.95. The molecule has 1 amide bonds. The van der Waals surface area contributed by atoms with Gasteiger partial charge in [-0.3, -0.25) is 4.79 Å². The normalized spacial score (nSPS) is 12.5. The van der Waals surface area contributed by atoms with Gasteiger partial charge in [0.15, 0.2) is 33.6 Å². The Balaban J connectivity index is 1.66. The van der Waals surface area contributed by atoms with Gasteiger partial charge < -0.3 is 30.0 Å². The Hall–Kier alpha value is -3.21. The number of nitrogen functional groups attached to an aromatic ring is 1. The monoisotopic (exact) mass is 457 g/mol. The van der Waals surface area contributed by atoms with E-state index < -0.39 is 0 Å². The molecule has 170 valence electrons. The van der Waals surface area contributed by atoms with E-state index in [4.69, 9.17) is 20.2 Å². The molecule has 1 aliphatic heterocycles. The van der Waals surface area contributed by atoms with Gasteiger partial charge in [0, 0.05) is 50.6 Å². The van der Waals surface area contributed by atoms with E-state index in [2.05, 4.69) is 15.3 Å². The first-order valence-corrected chi connectivity index (χ1v) is 11.2. The topological polar surface area (TPSA) is 120 Å². The SMILES string of the molecule is CC(C)CC(=O)NCCn1c(Sc2cc3c(cc2N(C)C)OCO3)nc2c(N)ncnc21. The van der Waals surface area contributed by atoms with Crippen molar-refractivity contribution in [2.24, 2.45) is 5.92 Å². The number of anilines is 2. The maximum Gasteiger partial charge on any atom is 0.231 e. The lowest BCUT2D eigenvalue weighted by molar-refractivity contribution is -0.121. The van der Waals surface area contributed by atoms with Crippen LogP contribution in [0.3, 0.4) is 0 Å². The molecule has 1 aromatic carbocycles. The predicted octanol–water partition coefficient (Wildman–Crippen LogP) is 2.52. The average Bonchev–Trinajstić information content (AvgIpc) is 3.32. The zero-order chi connectivity index (χ0) is 22.8. The molecule has 3 N–H and O–H groups in total. The minimum atomic E-state index is 0.0263. The third kappa shape index (κ3) is 4.52. The van der Waals surface area contributed by atoms with E-state index in [0.717, 1.165) is 16.3 Å². The van der Waals surface area contributed by atoms with Crippen LogP contribution in [0.2, 0.25) is 0 Å². The maximum atomic E-state index is 12.1. The smallest absolute Gasteiger partial charge is 0.231 e. The number of hydrogen-bond acceptors (Lipinski definition) is 9. The van der Waals surface area contributed by atoms with Crippen molar-refractivity contribution in [3.63, 3.8) is 0 Å². The minimum absolute atomic E-state index is 0.0263. The predicted molar refractivity (Wildman–Crippen MR) is 123 cm³/mol. The van der Waals surface area contributed by atoms with E-state index in [1.165, 1.54) is 18.1 Å². The van der Waals surface area contributed by atoms with Crippen LogP contribution in [0.1, 0.15) is 20.3 Å². The largest absolute Gasteiger partial charge is 0.454 e. The summed E-state index contributed by atoms with van der Waals surface area (Å²) in [5.74, 6) is 2.06. The number of imidazole rings is 1. The fourth-order valence-corrected chi connectivity index (χ4v) is 4.54. The molecule has 10 nitrogen and oxygen atoms in total. The first-order valence-electron chi connectivity index (χ1n) is 10.4. The number of nitrogens with zero attached hydrogens (tertiary/aromatic N) is 5. The van der Waals surface area contributed by atoms with Crippen LogP contribution < -0.4 is 25.4 Å². The molecular formula is C21H27N7O3S. The highest BCUT2D eigenvalue weighted by molar-refractivity contribution is 7.99. The molecule has 0 atom stereocenters. The second-order valence-corrected chi connectivity index (χ2v) is 9.10. The van der Waals surface area contributed by atoms with E-state index in [-0.39, 0.29) is 12.7 Å². The number of rotatable bonds is 8. The van der Waals surface area contributed by atoms with Crippen LogP contribution in [0.4, 0.5) is 11.5 Å². The lowest BCUT2D eigenvalue weighted by atomic mass is 10.1. The number of hydrogen-bond donors (Lipinski definition) is 2. The summed E-state index contributed by atoms with van der Waals surface area (Å²) in [6.45, 7) is 5.20.